The van der Waals surface area contributed by atoms with Crippen LogP contribution >= 0.6 is 0 Å². The maximum absolute atomic E-state index is 12.0. The van der Waals surface area contributed by atoms with Gasteiger partial charge in [-0.25, -0.2) is 4.79 Å². The van der Waals surface area contributed by atoms with E-state index in [0.29, 0.717) is 16.8 Å². The lowest BCUT2D eigenvalue weighted by molar-refractivity contribution is 0.0490. The highest BCUT2D eigenvalue weighted by atomic mass is 16.5. The minimum absolute atomic E-state index is 0.171. The van der Waals surface area contributed by atoms with E-state index in [4.69, 9.17) is 14.3 Å². The Bertz CT molecular complexity index is 793. The highest BCUT2D eigenvalue weighted by Crippen LogP contribution is 2.19. The first kappa shape index (κ1) is 16.7. The van der Waals surface area contributed by atoms with Crippen LogP contribution < -0.4 is 10.7 Å². The molecule has 7 nitrogen and oxygen atoms in total. The van der Waals surface area contributed by atoms with Gasteiger partial charge in [-0.15, -0.1) is 0 Å². The molecule has 2 rings (SSSR count). The molecule has 0 aliphatic carbocycles. The number of hydrogen-bond acceptors (Lipinski definition) is 7. The summed E-state index contributed by atoms with van der Waals surface area (Å²) in [5, 5.41) is 21.2. The number of esters is 1. The van der Waals surface area contributed by atoms with Crippen molar-refractivity contribution < 1.29 is 24.2 Å². The molecule has 1 aromatic carbocycles. The van der Waals surface area contributed by atoms with Crippen LogP contribution in [-0.4, -0.2) is 36.0 Å². The van der Waals surface area contributed by atoms with E-state index in [-0.39, 0.29) is 36.6 Å². The predicted octanol–water partition coefficient (Wildman–Crippen LogP) is 1.25. The van der Waals surface area contributed by atoms with Crippen LogP contribution in [0.4, 0.5) is 5.69 Å². The maximum atomic E-state index is 12.0. The van der Waals surface area contributed by atoms with Crippen molar-refractivity contribution in [3.8, 4) is 0 Å². The minimum Gasteiger partial charge on any atom is -0.460 e. The standard InChI is InChI=1S/C16H17NO6/c1-2-22-16(21)15-8-13(20)12-4-3-10(7-14(12)23-15)17-11(9-19)5-6-18/h3-5,7-8,17-19H,2,6,9H2,1H3. The fourth-order valence-corrected chi connectivity index (χ4v) is 1.99. The van der Waals surface area contributed by atoms with Crippen LogP contribution in [0.25, 0.3) is 11.0 Å². The minimum atomic E-state index is -0.707. The molecule has 0 unspecified atom stereocenters. The first-order valence-electron chi connectivity index (χ1n) is 7.01. The summed E-state index contributed by atoms with van der Waals surface area (Å²) in [6.45, 7) is 1.32. The normalized spacial score (nSPS) is 11.5. The van der Waals surface area contributed by atoms with Gasteiger partial charge in [-0.1, -0.05) is 0 Å². The second-order valence-corrected chi connectivity index (χ2v) is 4.60. The van der Waals surface area contributed by atoms with E-state index in [1.807, 2.05) is 0 Å². The molecule has 0 aliphatic rings. The van der Waals surface area contributed by atoms with Gasteiger partial charge in [0.05, 0.1) is 25.2 Å². The third-order valence-electron chi connectivity index (χ3n) is 3.02. The number of aliphatic hydroxyl groups is 2. The monoisotopic (exact) mass is 319 g/mol. The van der Waals surface area contributed by atoms with Gasteiger partial charge in [0.1, 0.15) is 5.58 Å². The summed E-state index contributed by atoms with van der Waals surface area (Å²) in [7, 11) is 0. The van der Waals surface area contributed by atoms with E-state index < -0.39 is 5.97 Å². The molecule has 0 saturated heterocycles. The van der Waals surface area contributed by atoms with Crippen LogP contribution in [0.15, 0.2) is 45.3 Å². The molecule has 0 saturated carbocycles. The van der Waals surface area contributed by atoms with Crippen molar-refractivity contribution in [2.75, 3.05) is 25.1 Å². The lowest BCUT2D eigenvalue weighted by atomic mass is 10.2. The molecule has 0 aliphatic heterocycles. The highest BCUT2D eigenvalue weighted by molar-refractivity contribution is 5.89. The Hall–Kier alpha value is -2.64. The topological polar surface area (TPSA) is 109 Å². The molecular weight excluding hydrogens is 302 g/mol. The number of carbonyl (C=O) groups excluding carboxylic acids is 1. The molecule has 0 atom stereocenters. The summed E-state index contributed by atoms with van der Waals surface area (Å²) in [4.78, 5) is 23.7. The lowest BCUT2D eigenvalue weighted by Gasteiger charge is -2.09. The van der Waals surface area contributed by atoms with Gasteiger partial charge in [-0.2, -0.15) is 0 Å². The van der Waals surface area contributed by atoms with Crippen molar-refractivity contribution in [1.29, 1.82) is 0 Å². The molecule has 2 aromatic rings. The number of hydrogen-bond donors (Lipinski definition) is 3. The maximum Gasteiger partial charge on any atom is 0.374 e. The Morgan fingerprint density at radius 1 is 1.35 bits per heavy atom. The number of aliphatic hydroxyl groups excluding tert-OH is 2. The molecule has 7 heteroatoms. The quantitative estimate of drug-likeness (QED) is 0.687. The molecule has 122 valence electrons. The van der Waals surface area contributed by atoms with Crippen molar-refractivity contribution in [2.24, 2.45) is 0 Å². The van der Waals surface area contributed by atoms with Gasteiger partial charge < -0.3 is 24.7 Å². The smallest absolute Gasteiger partial charge is 0.374 e. The van der Waals surface area contributed by atoms with Gasteiger partial charge in [-0.05, 0) is 25.1 Å². The average Bonchev–Trinajstić information content (AvgIpc) is 2.54. The molecule has 1 aromatic heterocycles. The molecule has 23 heavy (non-hydrogen) atoms. The number of benzene rings is 1. The summed E-state index contributed by atoms with van der Waals surface area (Å²) < 4.78 is 10.2. The zero-order chi connectivity index (χ0) is 16.8. The fourth-order valence-electron chi connectivity index (χ4n) is 1.99. The van der Waals surface area contributed by atoms with E-state index in [1.54, 1.807) is 19.1 Å². The largest absolute Gasteiger partial charge is 0.460 e. The van der Waals surface area contributed by atoms with Gasteiger partial charge in [-0.3, -0.25) is 4.79 Å². The molecule has 3 N–H and O–H groups in total. The number of rotatable bonds is 6. The molecule has 0 spiro atoms. The van der Waals surface area contributed by atoms with Crippen molar-refractivity contribution in [3.05, 3.63) is 52.0 Å². The van der Waals surface area contributed by atoms with Gasteiger partial charge in [0.25, 0.3) is 0 Å². The van der Waals surface area contributed by atoms with Gasteiger partial charge in [0.2, 0.25) is 5.76 Å². The van der Waals surface area contributed by atoms with Crippen molar-refractivity contribution in [3.63, 3.8) is 0 Å². The Morgan fingerprint density at radius 3 is 2.78 bits per heavy atom. The molecule has 0 fully saturated rings. The third kappa shape index (κ3) is 3.97. The lowest BCUT2D eigenvalue weighted by Crippen LogP contribution is -2.10. The summed E-state index contributed by atoms with van der Waals surface area (Å²) in [6, 6.07) is 5.80. The Balaban J connectivity index is 2.43. The number of carbonyl (C=O) groups is 1. The van der Waals surface area contributed by atoms with Crippen LogP contribution in [-0.2, 0) is 4.74 Å². The third-order valence-corrected chi connectivity index (χ3v) is 3.02. The molecular formula is C16H17NO6. The zero-order valence-corrected chi connectivity index (χ0v) is 12.5. The van der Waals surface area contributed by atoms with E-state index in [1.165, 1.54) is 12.1 Å². The molecule has 1 heterocycles. The summed E-state index contributed by atoms with van der Waals surface area (Å²) >= 11 is 0. The second-order valence-electron chi connectivity index (χ2n) is 4.60. The Labute approximate surface area is 131 Å². The summed E-state index contributed by atoms with van der Waals surface area (Å²) in [6.07, 6.45) is 1.41. The SMILES string of the molecule is CCOC(=O)c1cc(=O)c2ccc(NC(=CCO)CO)cc2o1. The van der Waals surface area contributed by atoms with Crippen LogP contribution in [0.2, 0.25) is 0 Å². The fraction of sp³-hybridized carbons (Fsp3) is 0.250. The number of anilines is 1. The van der Waals surface area contributed by atoms with E-state index in [2.05, 4.69) is 5.32 Å². The molecule has 0 bridgehead atoms. The summed E-state index contributed by atoms with van der Waals surface area (Å²) in [5.41, 5.74) is 0.798. The molecule has 0 radical (unpaired) electrons. The number of ether oxygens (including phenoxy) is 1. The van der Waals surface area contributed by atoms with Crippen molar-refractivity contribution in [1.82, 2.24) is 0 Å². The first-order valence-corrected chi connectivity index (χ1v) is 7.01. The van der Waals surface area contributed by atoms with E-state index in [9.17, 15) is 14.7 Å². The average molecular weight is 319 g/mol. The Morgan fingerprint density at radius 2 is 2.13 bits per heavy atom. The van der Waals surface area contributed by atoms with Crippen molar-refractivity contribution >= 4 is 22.6 Å². The zero-order valence-electron chi connectivity index (χ0n) is 12.5. The van der Waals surface area contributed by atoms with Crippen LogP contribution in [0.3, 0.4) is 0 Å². The van der Waals surface area contributed by atoms with Crippen molar-refractivity contribution in [2.45, 2.75) is 6.92 Å². The van der Waals surface area contributed by atoms with E-state index >= 15 is 0 Å². The number of fused-ring (bicyclic) bond motifs is 1. The van der Waals surface area contributed by atoms with E-state index in [0.717, 1.165) is 6.07 Å². The number of nitrogens with one attached hydrogen (secondary N) is 1. The molecule has 0 amide bonds. The first-order chi connectivity index (χ1) is 11.1. The van der Waals surface area contributed by atoms with Crippen LogP contribution in [0, 0.1) is 0 Å². The Kier molecular flexibility index (Phi) is 5.51. The predicted molar refractivity (Wildman–Crippen MR) is 84.3 cm³/mol. The highest BCUT2D eigenvalue weighted by Gasteiger charge is 2.13. The summed E-state index contributed by atoms with van der Waals surface area (Å²) in [5.74, 6) is -0.879. The van der Waals surface area contributed by atoms with Crippen LogP contribution in [0.5, 0.6) is 0 Å². The van der Waals surface area contributed by atoms with Gasteiger partial charge in [0, 0.05) is 23.5 Å². The second kappa shape index (κ2) is 7.57. The van der Waals surface area contributed by atoms with Gasteiger partial charge in [0.15, 0.2) is 5.43 Å². The van der Waals surface area contributed by atoms with Gasteiger partial charge >= 0.3 is 5.97 Å². The van der Waals surface area contributed by atoms with Crippen LogP contribution in [0.1, 0.15) is 17.5 Å².